The predicted octanol–water partition coefficient (Wildman–Crippen LogP) is 3.58. The average Bonchev–Trinajstić information content (AvgIpc) is 2.47. The number of hydrogen-bond donors (Lipinski definition) is 1. The molecule has 21 heavy (non-hydrogen) atoms. The highest BCUT2D eigenvalue weighted by Crippen LogP contribution is 2.20. The van der Waals surface area contributed by atoms with E-state index in [4.69, 9.17) is 22.1 Å². The van der Waals surface area contributed by atoms with Crippen LogP contribution in [0.3, 0.4) is 0 Å². The summed E-state index contributed by atoms with van der Waals surface area (Å²) in [5.74, 6) is 0.479. The van der Waals surface area contributed by atoms with Crippen LogP contribution in [0.5, 0.6) is 0 Å². The molecule has 4 nitrogen and oxygen atoms in total. The molecule has 0 saturated heterocycles. The molecule has 0 unspecified atom stereocenters. The van der Waals surface area contributed by atoms with E-state index in [1.54, 1.807) is 12.1 Å². The monoisotopic (exact) mass is 329 g/mol. The number of hydrogen-bond acceptors (Lipinski definition) is 5. The molecule has 1 aliphatic heterocycles. The first kappa shape index (κ1) is 16.3. The van der Waals surface area contributed by atoms with E-state index >= 15 is 0 Å². The SMILES string of the molecule is NC1=NN=C(CCCCOCc2c(F)cccc2Cl)CS1. The fourth-order valence-corrected chi connectivity index (χ4v) is 2.67. The van der Waals surface area contributed by atoms with Gasteiger partial charge in [-0.1, -0.05) is 29.4 Å². The predicted molar refractivity (Wildman–Crippen MR) is 86.4 cm³/mol. The minimum atomic E-state index is -0.327. The van der Waals surface area contributed by atoms with Crippen LogP contribution in [0, 0.1) is 5.82 Å². The lowest BCUT2D eigenvalue weighted by molar-refractivity contribution is 0.115. The summed E-state index contributed by atoms with van der Waals surface area (Å²) in [6.07, 6.45) is 2.72. The van der Waals surface area contributed by atoms with Crippen LogP contribution in [0.1, 0.15) is 24.8 Å². The molecule has 0 amide bonds. The Bertz CT molecular complexity index is 531. The van der Waals surface area contributed by atoms with Gasteiger partial charge in [0, 0.05) is 22.9 Å². The molecule has 0 atom stereocenters. The maximum Gasteiger partial charge on any atom is 0.180 e. The molecule has 1 heterocycles. The van der Waals surface area contributed by atoms with Crippen molar-refractivity contribution in [2.45, 2.75) is 25.9 Å². The van der Waals surface area contributed by atoms with Crippen molar-refractivity contribution in [1.29, 1.82) is 0 Å². The third-order valence-electron chi connectivity index (χ3n) is 2.99. The molecule has 114 valence electrons. The van der Waals surface area contributed by atoms with E-state index in [0.29, 0.717) is 22.4 Å². The summed E-state index contributed by atoms with van der Waals surface area (Å²) in [6.45, 7) is 0.764. The van der Waals surface area contributed by atoms with E-state index in [-0.39, 0.29) is 12.4 Å². The smallest absolute Gasteiger partial charge is 0.180 e. The van der Waals surface area contributed by atoms with Gasteiger partial charge in [0.1, 0.15) is 5.82 Å². The number of nitrogens with zero attached hydrogens (tertiary/aromatic N) is 2. The van der Waals surface area contributed by atoms with Gasteiger partial charge in [0.05, 0.1) is 12.3 Å². The summed E-state index contributed by atoms with van der Waals surface area (Å²) >= 11 is 7.43. The van der Waals surface area contributed by atoms with Crippen molar-refractivity contribution in [1.82, 2.24) is 0 Å². The molecule has 2 N–H and O–H groups in total. The number of unbranched alkanes of at least 4 members (excludes halogenated alkanes) is 1. The van der Waals surface area contributed by atoms with E-state index in [0.717, 1.165) is 30.7 Å². The highest BCUT2D eigenvalue weighted by Gasteiger charge is 2.08. The molecule has 7 heteroatoms. The van der Waals surface area contributed by atoms with Crippen LogP contribution < -0.4 is 5.73 Å². The van der Waals surface area contributed by atoms with Crippen LogP contribution in [0.2, 0.25) is 5.02 Å². The molecule has 0 radical (unpaired) electrons. The third-order valence-corrected chi connectivity index (χ3v) is 4.20. The summed E-state index contributed by atoms with van der Waals surface area (Å²) in [7, 11) is 0. The first-order chi connectivity index (χ1) is 10.2. The van der Waals surface area contributed by atoms with Gasteiger partial charge in [0.2, 0.25) is 0 Å². The zero-order valence-corrected chi connectivity index (χ0v) is 13.1. The van der Waals surface area contributed by atoms with E-state index in [1.807, 2.05) is 0 Å². The number of nitrogens with two attached hydrogens (primary N) is 1. The van der Waals surface area contributed by atoms with E-state index < -0.39 is 0 Å². The minimum Gasteiger partial charge on any atom is -0.377 e. The molecule has 0 spiro atoms. The zero-order valence-electron chi connectivity index (χ0n) is 11.5. The Hall–Kier alpha value is -1.11. The second kappa shape index (κ2) is 8.36. The first-order valence-electron chi connectivity index (χ1n) is 6.69. The van der Waals surface area contributed by atoms with Crippen LogP contribution in [0.25, 0.3) is 0 Å². The second-order valence-corrected chi connectivity index (χ2v) is 6.01. The molecule has 0 fully saturated rings. The highest BCUT2D eigenvalue weighted by molar-refractivity contribution is 8.14. The number of ether oxygens (including phenoxy) is 1. The fraction of sp³-hybridized carbons (Fsp3) is 0.429. The molecule has 2 rings (SSSR count). The molecular formula is C14H17ClFN3OS. The Balaban J connectivity index is 1.62. The van der Waals surface area contributed by atoms with Gasteiger partial charge in [-0.05, 0) is 31.4 Å². The first-order valence-corrected chi connectivity index (χ1v) is 8.05. The standard InChI is InChI=1S/C14H17ClFN3OS/c15-12-5-3-6-13(16)11(12)8-20-7-2-1-4-10-9-21-14(17)19-18-10/h3,5-6H,1-2,4,7-9H2,(H2,17,19). The maximum absolute atomic E-state index is 13.5. The summed E-state index contributed by atoms with van der Waals surface area (Å²) in [6, 6.07) is 4.63. The second-order valence-electron chi connectivity index (χ2n) is 4.60. The van der Waals surface area contributed by atoms with Gasteiger partial charge in [-0.2, -0.15) is 5.10 Å². The van der Waals surface area contributed by atoms with Crippen LogP contribution in [0.15, 0.2) is 28.4 Å². The Morgan fingerprint density at radius 1 is 1.33 bits per heavy atom. The zero-order chi connectivity index (χ0) is 15.1. The van der Waals surface area contributed by atoms with Crippen LogP contribution in [-0.2, 0) is 11.3 Å². The van der Waals surface area contributed by atoms with Gasteiger partial charge in [-0.25, -0.2) is 4.39 Å². The summed E-state index contributed by atoms with van der Waals surface area (Å²) < 4.78 is 19.0. The number of benzene rings is 1. The molecule has 0 aliphatic carbocycles. The molecule has 1 aromatic carbocycles. The molecule has 1 aromatic rings. The third kappa shape index (κ3) is 5.30. The van der Waals surface area contributed by atoms with Crippen molar-refractivity contribution < 1.29 is 9.13 Å². The number of halogens is 2. The average molecular weight is 330 g/mol. The molecule has 0 aromatic heterocycles. The lowest BCUT2D eigenvalue weighted by Gasteiger charge is -2.09. The Morgan fingerprint density at radius 2 is 2.19 bits per heavy atom. The summed E-state index contributed by atoms with van der Waals surface area (Å²) in [4.78, 5) is 0. The fourth-order valence-electron chi connectivity index (χ4n) is 1.83. The molecule has 0 saturated carbocycles. The topological polar surface area (TPSA) is 60.0 Å². The van der Waals surface area contributed by atoms with Gasteiger partial charge >= 0.3 is 0 Å². The normalized spacial score (nSPS) is 14.8. The highest BCUT2D eigenvalue weighted by atomic mass is 35.5. The summed E-state index contributed by atoms with van der Waals surface area (Å²) in [5.41, 5.74) is 6.98. The lowest BCUT2D eigenvalue weighted by Crippen LogP contribution is -2.15. The number of thioether (sulfide) groups is 1. The van der Waals surface area contributed by atoms with E-state index in [9.17, 15) is 4.39 Å². The van der Waals surface area contributed by atoms with Gasteiger partial charge in [-0.3, -0.25) is 0 Å². The molecule has 1 aliphatic rings. The largest absolute Gasteiger partial charge is 0.377 e. The van der Waals surface area contributed by atoms with Crippen molar-refractivity contribution in [3.8, 4) is 0 Å². The van der Waals surface area contributed by atoms with E-state index in [1.165, 1.54) is 17.8 Å². The molecular weight excluding hydrogens is 313 g/mol. The van der Waals surface area contributed by atoms with Crippen molar-refractivity contribution in [2.75, 3.05) is 12.4 Å². The van der Waals surface area contributed by atoms with Crippen molar-refractivity contribution in [2.24, 2.45) is 15.9 Å². The lowest BCUT2D eigenvalue weighted by atomic mass is 10.2. The quantitative estimate of drug-likeness (QED) is 0.778. The number of amidine groups is 1. The van der Waals surface area contributed by atoms with Crippen LogP contribution in [-0.4, -0.2) is 23.2 Å². The van der Waals surface area contributed by atoms with Crippen LogP contribution >= 0.6 is 23.4 Å². The van der Waals surface area contributed by atoms with Gasteiger partial charge in [0.25, 0.3) is 0 Å². The molecule has 0 bridgehead atoms. The Kier molecular flexibility index (Phi) is 6.48. The summed E-state index contributed by atoms with van der Waals surface area (Å²) in [5, 5.41) is 8.81. The van der Waals surface area contributed by atoms with Crippen molar-refractivity contribution in [3.63, 3.8) is 0 Å². The van der Waals surface area contributed by atoms with Crippen LogP contribution in [0.4, 0.5) is 4.39 Å². The van der Waals surface area contributed by atoms with Gasteiger partial charge in [-0.15, -0.1) is 5.10 Å². The van der Waals surface area contributed by atoms with Crippen molar-refractivity contribution >= 4 is 34.2 Å². The van der Waals surface area contributed by atoms with E-state index in [2.05, 4.69) is 10.2 Å². The van der Waals surface area contributed by atoms with Crippen molar-refractivity contribution in [3.05, 3.63) is 34.6 Å². The number of rotatable bonds is 7. The van der Waals surface area contributed by atoms with Gasteiger partial charge < -0.3 is 10.5 Å². The Morgan fingerprint density at radius 3 is 2.90 bits per heavy atom. The Labute approximate surface area is 132 Å². The van der Waals surface area contributed by atoms with Gasteiger partial charge in [0.15, 0.2) is 5.17 Å². The maximum atomic E-state index is 13.5. The minimum absolute atomic E-state index is 0.198.